The van der Waals surface area contributed by atoms with Crippen LogP contribution in [0.25, 0.3) is 0 Å². The average molecular weight is 501 g/mol. The molecular weight excluding hydrogens is 442 g/mol. The van der Waals surface area contributed by atoms with Gasteiger partial charge in [0.2, 0.25) is 5.50 Å². The molecule has 1 unspecified atom stereocenters. The standard InChI is InChI=1S/C28H57FO3S.Li.H/c1-3-5-7-9-11-12-13-14-15-16-17-18-19-21-23-25-27-32-33(30,31)28(29)26-24-22-20-10-8-6-4-2;;/h28H,3-27H2,1-2H3;;. The van der Waals surface area contributed by atoms with Gasteiger partial charge in [0.25, 0.3) is 10.1 Å². The first kappa shape index (κ1) is 36.6. The van der Waals surface area contributed by atoms with Crippen LogP contribution in [0, 0.1) is 0 Å². The fourth-order valence-corrected chi connectivity index (χ4v) is 5.26. The fraction of sp³-hybridized carbons (Fsp3) is 1.00. The molecule has 6 heteroatoms. The third kappa shape index (κ3) is 25.5. The molecule has 3 nitrogen and oxygen atoms in total. The molecule has 34 heavy (non-hydrogen) atoms. The second kappa shape index (κ2) is 28.0. The summed E-state index contributed by atoms with van der Waals surface area (Å²) in [6.45, 7) is 4.57. The van der Waals surface area contributed by atoms with E-state index >= 15 is 0 Å². The molecule has 0 aliphatic heterocycles. The molecule has 0 bridgehead atoms. The van der Waals surface area contributed by atoms with Gasteiger partial charge >= 0.3 is 18.9 Å². The van der Waals surface area contributed by atoms with Gasteiger partial charge in [-0.1, -0.05) is 149 Å². The monoisotopic (exact) mass is 500 g/mol. The van der Waals surface area contributed by atoms with E-state index in [1.807, 2.05) is 0 Å². The van der Waals surface area contributed by atoms with Gasteiger partial charge in [-0.2, -0.15) is 8.42 Å². The van der Waals surface area contributed by atoms with Crippen LogP contribution in [0.5, 0.6) is 0 Å². The van der Waals surface area contributed by atoms with Crippen molar-refractivity contribution in [3.63, 3.8) is 0 Å². The van der Waals surface area contributed by atoms with E-state index in [0.717, 1.165) is 32.1 Å². The van der Waals surface area contributed by atoms with Crippen LogP contribution in [0.2, 0.25) is 0 Å². The zero-order valence-corrected chi connectivity index (χ0v) is 23.1. The van der Waals surface area contributed by atoms with Gasteiger partial charge in [0, 0.05) is 0 Å². The molecule has 0 spiro atoms. The Bertz CT molecular complexity index is 488. The molecule has 0 radical (unpaired) electrons. The van der Waals surface area contributed by atoms with Gasteiger partial charge < -0.3 is 0 Å². The molecule has 0 N–H and O–H groups in total. The third-order valence-electron chi connectivity index (χ3n) is 6.59. The zero-order valence-electron chi connectivity index (χ0n) is 22.3. The summed E-state index contributed by atoms with van der Waals surface area (Å²) < 4.78 is 42.7. The summed E-state index contributed by atoms with van der Waals surface area (Å²) >= 11 is 0. The minimum atomic E-state index is -4.05. The second-order valence-electron chi connectivity index (χ2n) is 9.94. The molecule has 202 valence electrons. The molecule has 0 saturated carbocycles. The number of hydrogen-bond donors (Lipinski definition) is 0. The molecule has 1 atom stereocenters. The number of alkyl halides is 1. The fourth-order valence-electron chi connectivity index (χ4n) is 4.31. The second-order valence-corrected chi connectivity index (χ2v) is 11.7. The van der Waals surface area contributed by atoms with Gasteiger partial charge in [-0.15, -0.1) is 0 Å². The van der Waals surface area contributed by atoms with Crippen LogP contribution >= 0.6 is 0 Å². The van der Waals surface area contributed by atoms with Gasteiger partial charge in [0.1, 0.15) is 0 Å². The number of hydrogen-bond acceptors (Lipinski definition) is 3. The molecule has 0 amide bonds. The van der Waals surface area contributed by atoms with E-state index in [-0.39, 0.29) is 31.9 Å². The van der Waals surface area contributed by atoms with Gasteiger partial charge in [-0.25, -0.2) is 4.39 Å². The van der Waals surface area contributed by atoms with Crippen molar-refractivity contribution in [3.05, 3.63) is 0 Å². The normalized spacial score (nSPS) is 12.6. The van der Waals surface area contributed by atoms with Crippen molar-refractivity contribution in [2.24, 2.45) is 0 Å². The summed E-state index contributed by atoms with van der Waals surface area (Å²) in [5.41, 5.74) is -1.87. The maximum absolute atomic E-state index is 14.0. The van der Waals surface area contributed by atoms with Crippen LogP contribution in [0.1, 0.15) is 168 Å². The van der Waals surface area contributed by atoms with Crippen molar-refractivity contribution in [3.8, 4) is 0 Å². The summed E-state index contributed by atoms with van der Waals surface area (Å²) in [7, 11) is -4.05. The predicted octanol–water partition coefficient (Wildman–Crippen LogP) is 9.38. The van der Waals surface area contributed by atoms with Crippen LogP contribution in [0.15, 0.2) is 0 Å². The van der Waals surface area contributed by atoms with Crippen LogP contribution in [0.3, 0.4) is 0 Å². The number of rotatable bonds is 27. The molecule has 0 aromatic carbocycles. The Morgan fingerprint density at radius 2 is 0.824 bits per heavy atom. The molecule has 0 saturated heterocycles. The van der Waals surface area contributed by atoms with Crippen LogP contribution in [-0.4, -0.2) is 39.4 Å². The maximum atomic E-state index is 14.0. The van der Waals surface area contributed by atoms with Crippen molar-refractivity contribution in [1.82, 2.24) is 0 Å². The van der Waals surface area contributed by atoms with E-state index in [0.29, 0.717) is 12.8 Å². The van der Waals surface area contributed by atoms with Gasteiger partial charge in [0.15, 0.2) is 0 Å². The van der Waals surface area contributed by atoms with Gasteiger partial charge in [-0.3, -0.25) is 4.18 Å². The summed E-state index contributed by atoms with van der Waals surface area (Å²) in [5.74, 6) is 0. The molecule has 0 heterocycles. The number of halogens is 1. The molecular formula is C28H58FLiO3S. The molecule has 0 aromatic heterocycles. The van der Waals surface area contributed by atoms with Crippen molar-refractivity contribution >= 4 is 29.0 Å². The SMILES string of the molecule is CCCCCCCCCCCCCCCCCCOS(=O)(=O)C(F)CCCCCCCCC.[LiH]. The van der Waals surface area contributed by atoms with Crippen LogP contribution in [0.4, 0.5) is 4.39 Å². The Hall–Kier alpha value is 0.437. The summed E-state index contributed by atoms with van der Waals surface area (Å²) in [6, 6.07) is 0. The van der Waals surface area contributed by atoms with Gasteiger partial charge in [0.05, 0.1) is 6.61 Å². The number of unbranched alkanes of at least 4 members (excludes halogenated alkanes) is 21. The summed E-state index contributed by atoms with van der Waals surface area (Å²) in [6.07, 6.45) is 27.9. The zero-order chi connectivity index (χ0) is 24.5. The summed E-state index contributed by atoms with van der Waals surface area (Å²) in [5, 5.41) is 0. The Labute approximate surface area is 225 Å². The Morgan fingerprint density at radius 3 is 1.18 bits per heavy atom. The van der Waals surface area contributed by atoms with E-state index < -0.39 is 15.6 Å². The quantitative estimate of drug-likeness (QED) is 0.0641. The third-order valence-corrected chi connectivity index (χ3v) is 7.95. The van der Waals surface area contributed by atoms with Crippen LogP contribution < -0.4 is 0 Å². The van der Waals surface area contributed by atoms with Crippen molar-refractivity contribution < 1.29 is 17.0 Å². The van der Waals surface area contributed by atoms with E-state index in [4.69, 9.17) is 4.18 Å². The van der Waals surface area contributed by atoms with Crippen molar-refractivity contribution in [2.75, 3.05) is 6.61 Å². The minimum absolute atomic E-state index is 0. The Morgan fingerprint density at radius 1 is 0.529 bits per heavy atom. The van der Waals surface area contributed by atoms with Crippen molar-refractivity contribution in [2.45, 2.75) is 173 Å². The predicted molar refractivity (Wildman–Crippen MR) is 149 cm³/mol. The molecule has 0 aliphatic carbocycles. The van der Waals surface area contributed by atoms with E-state index in [2.05, 4.69) is 13.8 Å². The first-order valence-electron chi connectivity index (χ1n) is 14.6. The molecule has 0 aliphatic rings. The molecule has 0 rings (SSSR count). The average Bonchev–Trinajstić information content (AvgIpc) is 2.80. The summed E-state index contributed by atoms with van der Waals surface area (Å²) in [4.78, 5) is 0. The first-order chi connectivity index (χ1) is 16.0. The molecule has 0 fully saturated rings. The first-order valence-corrected chi connectivity index (χ1v) is 16.0. The van der Waals surface area contributed by atoms with Crippen molar-refractivity contribution in [1.29, 1.82) is 0 Å². The Kier molecular flexibility index (Phi) is 30.2. The van der Waals surface area contributed by atoms with E-state index in [1.54, 1.807) is 0 Å². The van der Waals surface area contributed by atoms with Gasteiger partial charge in [-0.05, 0) is 19.3 Å². The Balaban J connectivity index is 0. The van der Waals surface area contributed by atoms with E-state index in [1.165, 1.54) is 103 Å². The van der Waals surface area contributed by atoms with Crippen LogP contribution in [-0.2, 0) is 14.3 Å². The van der Waals surface area contributed by atoms with E-state index in [9.17, 15) is 12.8 Å². The topological polar surface area (TPSA) is 43.4 Å². The molecule has 0 aromatic rings.